The molecule has 0 saturated carbocycles. The number of carbonyl (C=O) groups excluding carboxylic acids is 1. The first kappa shape index (κ1) is 21.1. The van der Waals surface area contributed by atoms with Crippen molar-refractivity contribution in [3.05, 3.63) is 46.0 Å². The van der Waals surface area contributed by atoms with E-state index in [0.29, 0.717) is 32.5 Å². The van der Waals surface area contributed by atoms with Crippen molar-refractivity contribution in [1.82, 2.24) is 9.21 Å². The molecule has 0 N–H and O–H groups in total. The van der Waals surface area contributed by atoms with Crippen LogP contribution in [0.1, 0.15) is 41.7 Å². The number of hydrogen-bond donors (Lipinski definition) is 0. The van der Waals surface area contributed by atoms with E-state index < -0.39 is 10.0 Å². The predicted octanol–water partition coefficient (Wildman–Crippen LogP) is 3.63. The molecule has 0 aliphatic carbocycles. The van der Waals surface area contributed by atoms with Gasteiger partial charge in [0.15, 0.2) is 0 Å². The molecule has 1 amide bonds. The third-order valence-corrected chi connectivity index (χ3v) is 8.00. The Morgan fingerprint density at radius 3 is 2.79 bits per heavy atom. The zero-order valence-corrected chi connectivity index (χ0v) is 18.1. The number of sulfonamides is 1. The fourth-order valence-corrected chi connectivity index (χ4v) is 6.10. The van der Waals surface area contributed by atoms with E-state index >= 15 is 0 Å². The summed E-state index contributed by atoms with van der Waals surface area (Å²) >= 11 is 1.67. The van der Waals surface area contributed by atoms with Crippen molar-refractivity contribution < 1.29 is 17.6 Å². The largest absolute Gasteiger partial charge is 0.467 e. The van der Waals surface area contributed by atoms with E-state index in [9.17, 15) is 13.2 Å². The van der Waals surface area contributed by atoms with Gasteiger partial charge < -0.3 is 9.32 Å². The van der Waals surface area contributed by atoms with Gasteiger partial charge in [0.25, 0.3) is 0 Å². The molecule has 28 heavy (non-hydrogen) atoms. The third-order valence-electron chi connectivity index (χ3n) is 4.97. The van der Waals surface area contributed by atoms with E-state index in [0.717, 1.165) is 17.1 Å². The number of rotatable bonds is 8. The van der Waals surface area contributed by atoms with Gasteiger partial charge in [0.05, 0.1) is 31.0 Å². The van der Waals surface area contributed by atoms with Crippen molar-refractivity contribution in [3.63, 3.8) is 0 Å². The van der Waals surface area contributed by atoms with Gasteiger partial charge in [-0.15, -0.1) is 11.3 Å². The van der Waals surface area contributed by atoms with Crippen molar-refractivity contribution in [2.24, 2.45) is 5.92 Å². The van der Waals surface area contributed by atoms with Crippen molar-refractivity contribution >= 4 is 27.3 Å². The maximum Gasteiger partial charge on any atom is 0.227 e. The van der Waals surface area contributed by atoms with Crippen LogP contribution in [-0.2, 0) is 27.9 Å². The zero-order valence-electron chi connectivity index (χ0n) is 16.5. The minimum Gasteiger partial charge on any atom is -0.467 e. The quantitative estimate of drug-likeness (QED) is 0.649. The molecule has 0 bridgehead atoms. The van der Waals surface area contributed by atoms with Crippen molar-refractivity contribution in [1.29, 1.82) is 0 Å². The molecule has 0 radical (unpaired) electrons. The van der Waals surface area contributed by atoms with Crippen LogP contribution in [0.15, 0.2) is 34.9 Å². The standard InChI is InChI=1S/C20H28N2O4S2/c1-3-12-28(24,25)22-10-4-6-17(13-22)20(23)21(14-18-7-5-11-26-18)15-19-9-8-16(2)27-19/h5,7-9,11,17H,3-4,6,10,12-15H2,1-2H3. The highest BCUT2D eigenvalue weighted by Crippen LogP contribution is 2.25. The molecule has 154 valence electrons. The Kier molecular flexibility index (Phi) is 6.95. The normalized spacial score (nSPS) is 18.3. The molecule has 3 rings (SSSR count). The summed E-state index contributed by atoms with van der Waals surface area (Å²) in [7, 11) is -3.28. The van der Waals surface area contributed by atoms with E-state index in [-0.39, 0.29) is 24.1 Å². The molecule has 6 nitrogen and oxygen atoms in total. The second-order valence-electron chi connectivity index (χ2n) is 7.30. The Balaban J connectivity index is 1.75. The Hall–Kier alpha value is -1.64. The fourth-order valence-electron chi connectivity index (χ4n) is 3.60. The van der Waals surface area contributed by atoms with E-state index in [4.69, 9.17) is 4.42 Å². The molecule has 1 atom stereocenters. The average Bonchev–Trinajstić information content (AvgIpc) is 3.32. The number of thiophene rings is 1. The second-order valence-corrected chi connectivity index (χ2v) is 10.8. The van der Waals surface area contributed by atoms with Crippen molar-refractivity contribution in [2.45, 2.75) is 46.2 Å². The van der Waals surface area contributed by atoms with Gasteiger partial charge in [-0.2, -0.15) is 0 Å². The molecule has 1 saturated heterocycles. The molecule has 1 aliphatic heterocycles. The van der Waals surface area contributed by atoms with Gasteiger partial charge in [-0.1, -0.05) is 6.92 Å². The number of hydrogen-bond acceptors (Lipinski definition) is 5. The summed E-state index contributed by atoms with van der Waals surface area (Å²) in [6.45, 7) is 5.59. The van der Waals surface area contributed by atoms with E-state index in [1.165, 1.54) is 9.18 Å². The Morgan fingerprint density at radius 1 is 1.32 bits per heavy atom. The maximum absolute atomic E-state index is 13.3. The maximum atomic E-state index is 13.3. The fraction of sp³-hybridized carbons (Fsp3) is 0.550. The first-order valence-electron chi connectivity index (χ1n) is 9.73. The van der Waals surface area contributed by atoms with Gasteiger partial charge >= 0.3 is 0 Å². The molecular weight excluding hydrogens is 396 g/mol. The lowest BCUT2D eigenvalue weighted by Gasteiger charge is -2.34. The number of nitrogens with zero attached hydrogens (tertiary/aromatic N) is 2. The summed E-state index contributed by atoms with van der Waals surface area (Å²) in [5.74, 6) is 0.557. The summed E-state index contributed by atoms with van der Waals surface area (Å²) < 4.78 is 31.9. The molecule has 1 aliphatic rings. The van der Waals surface area contributed by atoms with Crippen LogP contribution < -0.4 is 0 Å². The second kappa shape index (κ2) is 9.24. The molecular formula is C20H28N2O4S2. The topological polar surface area (TPSA) is 70.8 Å². The summed E-state index contributed by atoms with van der Waals surface area (Å²) in [5, 5.41) is 0. The van der Waals surface area contributed by atoms with Gasteiger partial charge in [0.2, 0.25) is 15.9 Å². The van der Waals surface area contributed by atoms with Gasteiger partial charge in [0, 0.05) is 22.8 Å². The molecule has 8 heteroatoms. The molecule has 0 spiro atoms. The van der Waals surface area contributed by atoms with E-state index in [2.05, 4.69) is 6.07 Å². The highest BCUT2D eigenvalue weighted by Gasteiger charge is 2.34. The van der Waals surface area contributed by atoms with Crippen LogP contribution in [0.4, 0.5) is 0 Å². The molecule has 3 heterocycles. The zero-order chi connectivity index (χ0) is 20.1. The van der Waals surface area contributed by atoms with Crippen LogP contribution in [0.2, 0.25) is 0 Å². The van der Waals surface area contributed by atoms with Crippen LogP contribution in [-0.4, -0.2) is 42.4 Å². The molecule has 0 aromatic carbocycles. The van der Waals surface area contributed by atoms with Crippen LogP contribution in [0.25, 0.3) is 0 Å². The lowest BCUT2D eigenvalue weighted by molar-refractivity contribution is -0.138. The molecule has 1 unspecified atom stereocenters. The number of amides is 1. The van der Waals surface area contributed by atoms with Crippen LogP contribution in [0.3, 0.4) is 0 Å². The minimum absolute atomic E-state index is 0.00106. The first-order valence-corrected chi connectivity index (χ1v) is 12.2. The van der Waals surface area contributed by atoms with Crippen LogP contribution in [0.5, 0.6) is 0 Å². The molecule has 2 aromatic rings. The SMILES string of the molecule is CCCS(=O)(=O)N1CCCC(C(=O)N(Cc2ccco2)Cc2ccc(C)s2)C1. The Morgan fingerprint density at radius 2 is 2.14 bits per heavy atom. The number of aryl methyl sites for hydroxylation is 1. The van der Waals surface area contributed by atoms with E-state index in [1.54, 1.807) is 22.5 Å². The Labute approximate surface area is 171 Å². The molecule has 1 fully saturated rings. The van der Waals surface area contributed by atoms with Crippen molar-refractivity contribution in [2.75, 3.05) is 18.8 Å². The monoisotopic (exact) mass is 424 g/mol. The summed E-state index contributed by atoms with van der Waals surface area (Å²) in [6.07, 6.45) is 3.62. The summed E-state index contributed by atoms with van der Waals surface area (Å²) in [6, 6.07) is 7.77. The lowest BCUT2D eigenvalue weighted by atomic mass is 9.98. The smallest absolute Gasteiger partial charge is 0.227 e. The lowest BCUT2D eigenvalue weighted by Crippen LogP contribution is -2.46. The first-order chi connectivity index (χ1) is 13.4. The van der Waals surface area contributed by atoms with Gasteiger partial charge in [-0.05, 0) is 50.5 Å². The Bertz CT molecular complexity index is 874. The molecule has 2 aromatic heterocycles. The van der Waals surface area contributed by atoms with Gasteiger partial charge in [-0.3, -0.25) is 4.79 Å². The van der Waals surface area contributed by atoms with Crippen LogP contribution >= 0.6 is 11.3 Å². The summed E-state index contributed by atoms with van der Waals surface area (Å²) in [4.78, 5) is 17.4. The summed E-state index contributed by atoms with van der Waals surface area (Å²) in [5.41, 5.74) is 0. The van der Waals surface area contributed by atoms with E-state index in [1.807, 2.05) is 32.0 Å². The highest BCUT2D eigenvalue weighted by atomic mass is 32.2. The van der Waals surface area contributed by atoms with Crippen LogP contribution in [0, 0.1) is 12.8 Å². The third kappa shape index (κ3) is 5.24. The number of carbonyl (C=O) groups is 1. The number of furan rings is 1. The number of piperidine rings is 1. The van der Waals surface area contributed by atoms with Crippen molar-refractivity contribution in [3.8, 4) is 0 Å². The predicted molar refractivity (Wildman–Crippen MR) is 110 cm³/mol. The average molecular weight is 425 g/mol. The van der Waals surface area contributed by atoms with Gasteiger partial charge in [0.1, 0.15) is 5.76 Å². The minimum atomic E-state index is -3.28. The highest BCUT2D eigenvalue weighted by molar-refractivity contribution is 7.89. The van der Waals surface area contributed by atoms with Gasteiger partial charge in [-0.25, -0.2) is 12.7 Å².